The molecule has 1 saturated heterocycles. The summed E-state index contributed by atoms with van der Waals surface area (Å²) >= 11 is 2.18. The van der Waals surface area contributed by atoms with Crippen LogP contribution in [0.25, 0.3) is 0 Å². The van der Waals surface area contributed by atoms with Crippen molar-refractivity contribution in [3.63, 3.8) is 0 Å². The lowest BCUT2D eigenvalue weighted by molar-refractivity contribution is 0.0244. The van der Waals surface area contributed by atoms with Crippen molar-refractivity contribution in [3.05, 3.63) is 35.4 Å². The molecule has 1 aliphatic heterocycles. The zero-order valence-electron chi connectivity index (χ0n) is 15.0. The molecule has 1 atom stereocenters. The minimum Gasteiger partial charge on any atom is -0.444 e. The summed E-state index contributed by atoms with van der Waals surface area (Å²) in [6, 6.07) is 8.56. The topological polar surface area (TPSA) is 29.5 Å². The van der Waals surface area contributed by atoms with E-state index in [1.807, 2.05) is 25.7 Å². The first-order chi connectivity index (χ1) is 11.8. The Morgan fingerprint density at radius 2 is 2.00 bits per heavy atom. The molecule has 3 rings (SSSR count). The van der Waals surface area contributed by atoms with E-state index in [0.29, 0.717) is 5.92 Å². The number of ether oxygens (including phenoxy) is 1. The van der Waals surface area contributed by atoms with E-state index in [0.717, 1.165) is 18.7 Å². The smallest absolute Gasteiger partial charge is 0.410 e. The highest BCUT2D eigenvalue weighted by atomic mass is 127. The summed E-state index contributed by atoms with van der Waals surface area (Å²) in [5.74, 6) is 3.53. The monoisotopic (exact) mass is 469 g/mol. The van der Waals surface area contributed by atoms with Crippen LogP contribution < -0.4 is 0 Å². The molecule has 1 aromatic rings. The molecule has 5 heteroatoms. The fourth-order valence-electron chi connectivity index (χ4n) is 3.91. The minimum absolute atomic E-state index is 0.178. The molecule has 0 radical (unpaired) electrons. The molecule has 1 aromatic carbocycles. The summed E-state index contributed by atoms with van der Waals surface area (Å²) in [7, 11) is 1.50. The third kappa shape index (κ3) is 4.28. The summed E-state index contributed by atoms with van der Waals surface area (Å²) < 4.78 is 5.60. The molecule has 1 spiro atoms. The molecule has 1 heterocycles. The fourth-order valence-corrected chi connectivity index (χ4v) is 4.39. The van der Waals surface area contributed by atoms with Gasteiger partial charge in [0.2, 0.25) is 0 Å². The number of carbonyl (C=O) groups is 1. The average Bonchev–Trinajstić information content (AvgIpc) is 2.93. The first-order valence-electron chi connectivity index (χ1n) is 8.69. The summed E-state index contributed by atoms with van der Waals surface area (Å²) in [5, 5.41) is 3.02. The van der Waals surface area contributed by atoms with Crippen LogP contribution in [-0.4, -0.2) is 29.7 Å². The maximum absolute atomic E-state index is 12.5. The number of likely N-dealkylation sites (tertiary alicyclic amines) is 1. The summed E-state index contributed by atoms with van der Waals surface area (Å²) in [5.41, 5.74) is 2.15. The van der Waals surface area contributed by atoms with Crippen molar-refractivity contribution in [2.75, 3.05) is 13.1 Å². The van der Waals surface area contributed by atoms with Crippen LogP contribution in [-0.2, 0) is 4.74 Å². The Kier molecular flexibility index (Phi) is 5.60. The van der Waals surface area contributed by atoms with Gasteiger partial charge in [-0.25, -0.2) is 4.79 Å². The van der Waals surface area contributed by atoms with Crippen molar-refractivity contribution in [3.8, 4) is 11.2 Å². The highest BCUT2D eigenvalue weighted by Crippen LogP contribution is 2.55. The van der Waals surface area contributed by atoms with E-state index in [-0.39, 0.29) is 11.5 Å². The second-order valence-electron chi connectivity index (χ2n) is 8.06. The van der Waals surface area contributed by atoms with Gasteiger partial charge in [0.05, 0.1) is 0 Å². The maximum atomic E-state index is 12.5. The van der Waals surface area contributed by atoms with E-state index in [4.69, 9.17) is 4.74 Å². The number of benzene rings is 1. The Morgan fingerprint density at radius 1 is 1.32 bits per heavy atom. The van der Waals surface area contributed by atoms with Gasteiger partial charge in [0.1, 0.15) is 5.60 Å². The Labute approximate surface area is 166 Å². The number of nitrogens with zero attached hydrogens (tertiary/aromatic N) is 1. The van der Waals surface area contributed by atoms with Crippen LogP contribution >= 0.6 is 30.1 Å². The molecule has 0 bridgehead atoms. The van der Waals surface area contributed by atoms with Gasteiger partial charge in [0.25, 0.3) is 0 Å². The zero-order valence-corrected chi connectivity index (χ0v) is 17.9. The first kappa shape index (κ1) is 18.9. The summed E-state index contributed by atoms with van der Waals surface area (Å²) in [4.78, 5) is 14.4. The molecule has 2 fully saturated rings. The van der Waals surface area contributed by atoms with Crippen molar-refractivity contribution in [1.82, 2.24) is 4.90 Å². The molecule has 134 valence electrons. The standard InChI is InChI=1S/C20H24INO2S/c1-19(2,3)24-18(23)22-13-17(20(14-22)10-4-11-20)16-7-5-15(6-8-16)9-12-25-21/h5-8,17H,4,10-11,13-14H2,1-3H3. The first-order valence-corrected chi connectivity index (χ1v) is 12.1. The third-order valence-electron chi connectivity index (χ3n) is 5.20. The van der Waals surface area contributed by atoms with Crippen LogP contribution in [0.2, 0.25) is 0 Å². The SMILES string of the molecule is CC(C)(C)OC(=O)N1CC(c2ccc(C#CSI)cc2)C2(CCC2)C1. The minimum atomic E-state index is -0.445. The Hall–Kier alpha value is -0.870. The van der Waals surface area contributed by atoms with Gasteiger partial charge in [-0.15, -0.1) is 0 Å². The molecule has 1 aliphatic carbocycles. The summed E-state index contributed by atoms with van der Waals surface area (Å²) in [6.45, 7) is 7.34. The van der Waals surface area contributed by atoms with E-state index in [1.165, 1.54) is 33.8 Å². The van der Waals surface area contributed by atoms with Crippen LogP contribution in [0.15, 0.2) is 24.3 Å². The molecule has 0 aromatic heterocycles. The number of rotatable bonds is 1. The molecule has 1 unspecified atom stereocenters. The van der Waals surface area contributed by atoms with E-state index in [2.05, 4.69) is 56.6 Å². The van der Waals surface area contributed by atoms with Crippen LogP contribution in [0.5, 0.6) is 0 Å². The quantitative estimate of drug-likeness (QED) is 0.397. The predicted octanol–water partition coefficient (Wildman–Crippen LogP) is 5.58. The van der Waals surface area contributed by atoms with Crippen LogP contribution in [0.3, 0.4) is 0 Å². The van der Waals surface area contributed by atoms with Gasteiger partial charge >= 0.3 is 6.09 Å². The highest BCUT2D eigenvalue weighted by Gasteiger charge is 2.52. The van der Waals surface area contributed by atoms with Crippen molar-refractivity contribution in [2.45, 2.75) is 51.6 Å². The van der Waals surface area contributed by atoms with Gasteiger partial charge in [0, 0.05) is 45.8 Å². The predicted molar refractivity (Wildman–Crippen MR) is 112 cm³/mol. The van der Waals surface area contributed by atoms with Gasteiger partial charge in [-0.3, -0.25) is 0 Å². The van der Waals surface area contributed by atoms with Gasteiger partial charge in [-0.2, -0.15) is 0 Å². The lowest BCUT2D eigenvalue weighted by Gasteiger charge is -2.43. The zero-order chi connectivity index (χ0) is 18.1. The molecule has 1 saturated carbocycles. The van der Waals surface area contributed by atoms with Gasteiger partial charge in [-0.1, -0.05) is 24.5 Å². The van der Waals surface area contributed by atoms with Gasteiger partial charge in [0.15, 0.2) is 0 Å². The Morgan fingerprint density at radius 3 is 2.52 bits per heavy atom. The lowest BCUT2D eigenvalue weighted by atomic mass is 9.61. The molecule has 3 nitrogen and oxygen atoms in total. The summed E-state index contributed by atoms with van der Waals surface area (Å²) in [6.07, 6.45) is 3.48. The number of hydrogen-bond donors (Lipinski definition) is 0. The van der Waals surface area contributed by atoms with Crippen molar-refractivity contribution < 1.29 is 9.53 Å². The molecule has 25 heavy (non-hydrogen) atoms. The highest BCUT2D eigenvalue weighted by molar-refractivity contribution is 14.2. The number of carbonyl (C=O) groups excluding carboxylic acids is 1. The molecule has 1 amide bonds. The van der Waals surface area contributed by atoms with Gasteiger partial charge in [-0.05, 0) is 70.9 Å². The molecular weight excluding hydrogens is 445 g/mol. The lowest BCUT2D eigenvalue weighted by Crippen LogP contribution is -2.39. The van der Waals surface area contributed by atoms with E-state index in [1.54, 1.807) is 0 Å². The number of hydrogen-bond acceptors (Lipinski definition) is 3. The van der Waals surface area contributed by atoms with Crippen molar-refractivity contribution in [2.24, 2.45) is 5.41 Å². The molecule has 2 aliphatic rings. The Bertz CT molecular complexity index is 695. The normalized spacial score (nSPS) is 21.4. The van der Waals surface area contributed by atoms with E-state index in [9.17, 15) is 4.79 Å². The second-order valence-corrected chi connectivity index (χ2v) is 9.74. The third-order valence-corrected chi connectivity index (χ3v) is 6.04. The number of amides is 1. The fraction of sp³-hybridized carbons (Fsp3) is 0.550. The van der Waals surface area contributed by atoms with Crippen LogP contribution in [0.1, 0.15) is 57.1 Å². The molecular formula is C20H24INO2S. The van der Waals surface area contributed by atoms with E-state index >= 15 is 0 Å². The Balaban J connectivity index is 1.77. The van der Waals surface area contributed by atoms with Gasteiger partial charge < -0.3 is 9.64 Å². The van der Waals surface area contributed by atoms with Crippen molar-refractivity contribution >= 4 is 36.2 Å². The van der Waals surface area contributed by atoms with Crippen molar-refractivity contribution in [1.29, 1.82) is 0 Å². The van der Waals surface area contributed by atoms with Crippen LogP contribution in [0, 0.1) is 16.6 Å². The average molecular weight is 469 g/mol. The van der Waals surface area contributed by atoms with E-state index < -0.39 is 5.60 Å². The molecule has 0 N–H and O–H groups in total. The number of halogens is 1. The second kappa shape index (κ2) is 7.40. The van der Waals surface area contributed by atoms with Crippen LogP contribution in [0.4, 0.5) is 4.79 Å². The largest absolute Gasteiger partial charge is 0.444 e. The maximum Gasteiger partial charge on any atom is 0.410 e.